The average Bonchev–Trinajstić information content (AvgIpc) is 2.41. The van der Waals surface area contributed by atoms with E-state index in [-0.39, 0.29) is 5.04 Å². The highest BCUT2D eigenvalue weighted by molar-refractivity contribution is 7.09. The van der Waals surface area contributed by atoms with Crippen LogP contribution < -0.4 is 10.4 Å². The quantitative estimate of drug-likeness (QED) is 0.577. The van der Waals surface area contributed by atoms with Crippen LogP contribution in [0.25, 0.3) is 0 Å². The van der Waals surface area contributed by atoms with E-state index in [1.807, 2.05) is 12.1 Å². The van der Waals surface area contributed by atoms with Crippen LogP contribution in [0.3, 0.4) is 0 Å². The molecule has 19 heavy (non-hydrogen) atoms. The molecule has 0 aromatic heterocycles. The zero-order valence-corrected chi connectivity index (χ0v) is 12.9. The summed E-state index contributed by atoms with van der Waals surface area (Å²) in [6.45, 7) is 6.79. The minimum absolute atomic E-state index is 0.0739. The third-order valence-electron chi connectivity index (χ3n) is 3.76. The third kappa shape index (κ3) is 2.24. The molecule has 2 aromatic carbocycles. The molecule has 0 radical (unpaired) electrons. The molecule has 0 nitrogen and oxygen atoms in total. The van der Waals surface area contributed by atoms with E-state index in [1.54, 1.807) is 0 Å². The van der Waals surface area contributed by atoms with Crippen LogP contribution in [0.4, 0.5) is 0 Å². The van der Waals surface area contributed by atoms with Crippen LogP contribution >= 0.6 is 0 Å². The number of terminal acetylenes is 1. The lowest BCUT2D eigenvalue weighted by Crippen LogP contribution is -2.63. The molecule has 0 saturated heterocycles. The smallest absolute Gasteiger partial charge is 0.126 e. The van der Waals surface area contributed by atoms with Gasteiger partial charge >= 0.3 is 0 Å². The van der Waals surface area contributed by atoms with Crippen LogP contribution in [0.2, 0.25) is 5.04 Å². The van der Waals surface area contributed by atoms with Crippen molar-refractivity contribution in [3.8, 4) is 12.0 Å². The van der Waals surface area contributed by atoms with Gasteiger partial charge in [0.1, 0.15) is 0 Å². The van der Waals surface area contributed by atoms with Gasteiger partial charge in [-0.15, -0.1) is 12.0 Å². The standard InChI is InChI=1S/C18H20Si/c1-5-19(18(2,3)4,16-12-8-6-9-13-16)17-14-10-7-11-15-17/h1,6-15H,2-4H3. The fraction of sp³-hybridized carbons (Fsp3) is 0.222. The van der Waals surface area contributed by atoms with E-state index in [0.717, 1.165) is 0 Å². The molecule has 96 valence electrons. The second kappa shape index (κ2) is 5.07. The molecule has 1 heteroatoms. The van der Waals surface area contributed by atoms with Gasteiger partial charge in [0.25, 0.3) is 0 Å². The van der Waals surface area contributed by atoms with Crippen molar-refractivity contribution in [3.63, 3.8) is 0 Å². The van der Waals surface area contributed by atoms with Gasteiger partial charge in [-0.3, -0.25) is 0 Å². The summed E-state index contributed by atoms with van der Waals surface area (Å²) in [4.78, 5) is 0. The van der Waals surface area contributed by atoms with Crippen molar-refractivity contribution in [1.29, 1.82) is 0 Å². The molecule has 2 rings (SSSR count). The molecule has 0 fully saturated rings. The minimum Gasteiger partial charge on any atom is -0.126 e. The molecule has 0 amide bonds. The summed E-state index contributed by atoms with van der Waals surface area (Å²) >= 11 is 0. The van der Waals surface area contributed by atoms with Gasteiger partial charge in [-0.25, -0.2) is 0 Å². The van der Waals surface area contributed by atoms with E-state index in [0.29, 0.717) is 0 Å². The summed E-state index contributed by atoms with van der Waals surface area (Å²) in [5, 5.41) is 2.71. The molecule has 0 bridgehead atoms. The predicted molar refractivity (Wildman–Crippen MR) is 86.5 cm³/mol. The zero-order valence-electron chi connectivity index (χ0n) is 11.9. The van der Waals surface area contributed by atoms with Crippen LogP contribution in [0, 0.1) is 12.0 Å². The topological polar surface area (TPSA) is 0 Å². The van der Waals surface area contributed by atoms with Crippen molar-refractivity contribution < 1.29 is 0 Å². The largest absolute Gasteiger partial charge is 0.204 e. The van der Waals surface area contributed by atoms with Gasteiger partial charge < -0.3 is 0 Å². The Morgan fingerprint density at radius 3 is 1.42 bits per heavy atom. The molecule has 0 spiro atoms. The Kier molecular flexibility index (Phi) is 3.64. The van der Waals surface area contributed by atoms with Gasteiger partial charge in [0, 0.05) is 0 Å². The molecule has 0 aliphatic carbocycles. The van der Waals surface area contributed by atoms with E-state index in [2.05, 4.69) is 74.8 Å². The van der Waals surface area contributed by atoms with Gasteiger partial charge in [0.15, 0.2) is 0 Å². The number of hydrogen-bond acceptors (Lipinski definition) is 0. The molecule has 0 aliphatic rings. The Labute approximate surface area is 117 Å². The van der Waals surface area contributed by atoms with Crippen molar-refractivity contribution in [1.82, 2.24) is 0 Å². The van der Waals surface area contributed by atoms with Crippen molar-refractivity contribution in [2.24, 2.45) is 0 Å². The average molecular weight is 264 g/mol. The maximum Gasteiger partial charge on any atom is 0.204 e. The van der Waals surface area contributed by atoms with Crippen LogP contribution in [-0.2, 0) is 0 Å². The van der Waals surface area contributed by atoms with Crippen LogP contribution in [0.1, 0.15) is 20.8 Å². The van der Waals surface area contributed by atoms with Gasteiger partial charge in [-0.05, 0) is 15.4 Å². The van der Waals surface area contributed by atoms with Crippen molar-refractivity contribution in [2.75, 3.05) is 0 Å². The summed E-state index contributed by atoms with van der Waals surface area (Å²) in [6.07, 6.45) is 6.07. The zero-order chi connectivity index (χ0) is 13.9. The van der Waals surface area contributed by atoms with Gasteiger partial charge in [0.05, 0.1) is 0 Å². The Morgan fingerprint density at radius 2 is 1.16 bits per heavy atom. The molecule has 0 atom stereocenters. The minimum atomic E-state index is -2.20. The number of hydrogen-bond donors (Lipinski definition) is 0. The monoisotopic (exact) mass is 264 g/mol. The lowest BCUT2D eigenvalue weighted by molar-refractivity contribution is 0.740. The summed E-state index contributed by atoms with van der Waals surface area (Å²) in [7, 11) is -2.20. The lowest BCUT2D eigenvalue weighted by Gasteiger charge is -2.39. The Morgan fingerprint density at radius 1 is 0.789 bits per heavy atom. The van der Waals surface area contributed by atoms with Crippen LogP contribution in [0.5, 0.6) is 0 Å². The molecular formula is C18H20Si. The fourth-order valence-corrected chi connectivity index (χ4v) is 7.01. The molecular weight excluding hydrogens is 244 g/mol. The maximum atomic E-state index is 6.07. The Hall–Kier alpha value is -1.78. The summed E-state index contributed by atoms with van der Waals surface area (Å²) < 4.78 is 0. The second-order valence-corrected chi connectivity index (χ2v) is 10.3. The Bertz CT molecular complexity index is 531. The summed E-state index contributed by atoms with van der Waals surface area (Å²) in [6, 6.07) is 21.2. The summed E-state index contributed by atoms with van der Waals surface area (Å²) in [5.74, 6) is 0. The first-order valence-electron chi connectivity index (χ1n) is 6.61. The second-order valence-electron chi connectivity index (χ2n) is 5.88. The van der Waals surface area contributed by atoms with Crippen LogP contribution in [0.15, 0.2) is 60.7 Å². The first-order valence-corrected chi connectivity index (χ1v) is 8.61. The van der Waals surface area contributed by atoms with E-state index in [9.17, 15) is 0 Å². The molecule has 0 heterocycles. The van der Waals surface area contributed by atoms with E-state index < -0.39 is 8.07 Å². The summed E-state index contributed by atoms with van der Waals surface area (Å²) in [5.41, 5.74) is 3.23. The molecule has 2 aromatic rings. The highest BCUT2D eigenvalue weighted by Gasteiger charge is 2.46. The molecule has 0 aliphatic heterocycles. The lowest BCUT2D eigenvalue weighted by atomic mass is 10.2. The maximum absolute atomic E-state index is 6.07. The highest BCUT2D eigenvalue weighted by Crippen LogP contribution is 2.35. The van der Waals surface area contributed by atoms with E-state index in [1.165, 1.54) is 10.4 Å². The van der Waals surface area contributed by atoms with Crippen LogP contribution in [-0.4, -0.2) is 8.07 Å². The first-order chi connectivity index (χ1) is 9.02. The van der Waals surface area contributed by atoms with Gasteiger partial charge in [0.2, 0.25) is 8.07 Å². The number of rotatable bonds is 2. The Balaban J connectivity index is 2.75. The van der Waals surface area contributed by atoms with Crippen molar-refractivity contribution in [2.45, 2.75) is 25.8 Å². The predicted octanol–water partition coefficient (Wildman–Crippen LogP) is 3.22. The molecule has 0 saturated carbocycles. The number of benzene rings is 2. The van der Waals surface area contributed by atoms with E-state index in [4.69, 9.17) is 6.42 Å². The van der Waals surface area contributed by atoms with Crippen molar-refractivity contribution in [3.05, 3.63) is 60.7 Å². The normalized spacial score (nSPS) is 11.9. The highest BCUT2D eigenvalue weighted by atomic mass is 28.3. The molecule has 0 unspecified atom stereocenters. The molecule has 0 N–H and O–H groups in total. The fourth-order valence-electron chi connectivity index (χ4n) is 2.79. The van der Waals surface area contributed by atoms with Gasteiger partial charge in [-0.2, -0.15) is 0 Å². The van der Waals surface area contributed by atoms with Crippen molar-refractivity contribution >= 4 is 18.4 Å². The van der Waals surface area contributed by atoms with E-state index >= 15 is 0 Å². The third-order valence-corrected chi connectivity index (χ3v) is 8.84. The first kappa shape index (κ1) is 13.6. The van der Waals surface area contributed by atoms with Gasteiger partial charge in [-0.1, -0.05) is 81.4 Å². The SMILES string of the molecule is C#C[Si](c1ccccc1)(c1ccccc1)C(C)(C)C.